The second-order valence-corrected chi connectivity index (χ2v) is 5.19. The third-order valence-electron chi connectivity index (χ3n) is 2.29. The van der Waals surface area contributed by atoms with Crippen LogP contribution in [0, 0.1) is 6.92 Å². The van der Waals surface area contributed by atoms with Gasteiger partial charge in [0.15, 0.2) is 0 Å². The van der Waals surface area contributed by atoms with E-state index in [2.05, 4.69) is 25.6 Å². The Hall–Kier alpha value is -2.02. The minimum Gasteiger partial charge on any atom is -0.369 e. The number of hydrogen-bond donors (Lipinski definition) is 2. The number of amides is 1. The predicted molar refractivity (Wildman–Crippen MR) is 74.2 cm³/mol. The van der Waals surface area contributed by atoms with E-state index in [1.165, 1.54) is 6.20 Å². The van der Waals surface area contributed by atoms with Crippen molar-refractivity contribution in [1.82, 2.24) is 20.3 Å². The highest BCUT2D eigenvalue weighted by atomic mass is 32.1. The number of aromatic nitrogens is 3. The normalized spacial score (nSPS) is 10.2. The van der Waals surface area contributed by atoms with Gasteiger partial charge in [-0.1, -0.05) is 0 Å². The summed E-state index contributed by atoms with van der Waals surface area (Å²) in [6, 6.07) is 0. The zero-order valence-electron chi connectivity index (χ0n) is 10.8. The van der Waals surface area contributed by atoms with E-state index in [0.717, 1.165) is 16.4 Å². The Balaban J connectivity index is 1.97. The first kappa shape index (κ1) is 13.4. The van der Waals surface area contributed by atoms with Crippen LogP contribution in [0.4, 0.5) is 5.82 Å². The van der Waals surface area contributed by atoms with Crippen molar-refractivity contribution in [2.24, 2.45) is 0 Å². The van der Waals surface area contributed by atoms with Crippen LogP contribution in [0.25, 0.3) is 0 Å². The molecule has 2 N–H and O–H groups in total. The molecule has 0 bridgehead atoms. The number of carbonyl (C=O) groups excluding carboxylic acids is 1. The Kier molecular flexibility index (Phi) is 4.40. The van der Waals surface area contributed by atoms with E-state index in [9.17, 15) is 4.79 Å². The van der Waals surface area contributed by atoms with Gasteiger partial charge in [-0.2, -0.15) is 0 Å². The number of thiazole rings is 1. The molecular weight excluding hydrogens is 262 g/mol. The highest BCUT2D eigenvalue weighted by Crippen LogP contribution is 2.10. The summed E-state index contributed by atoms with van der Waals surface area (Å²) in [4.78, 5) is 25.4. The first-order valence-corrected chi connectivity index (χ1v) is 6.76. The number of rotatable bonds is 5. The molecule has 7 heteroatoms. The van der Waals surface area contributed by atoms with Crippen LogP contribution < -0.4 is 10.6 Å². The molecule has 0 aliphatic heterocycles. The fourth-order valence-corrected chi connectivity index (χ4v) is 2.20. The van der Waals surface area contributed by atoms with Gasteiger partial charge < -0.3 is 10.6 Å². The second-order valence-electron chi connectivity index (χ2n) is 3.87. The summed E-state index contributed by atoms with van der Waals surface area (Å²) in [5.41, 5.74) is 0.298. The van der Waals surface area contributed by atoms with Gasteiger partial charge in [-0.05, 0) is 13.8 Å². The Morgan fingerprint density at radius 3 is 2.89 bits per heavy atom. The molecule has 19 heavy (non-hydrogen) atoms. The highest BCUT2D eigenvalue weighted by molar-refractivity contribution is 7.11. The van der Waals surface area contributed by atoms with Crippen LogP contribution in [0.15, 0.2) is 18.6 Å². The second kappa shape index (κ2) is 6.24. The van der Waals surface area contributed by atoms with Crippen LogP contribution in [0.2, 0.25) is 0 Å². The van der Waals surface area contributed by atoms with Crippen molar-refractivity contribution < 1.29 is 4.79 Å². The Bertz CT molecular complexity index is 569. The maximum absolute atomic E-state index is 11.9. The molecule has 2 aromatic rings. The fraction of sp³-hybridized carbons (Fsp3) is 0.333. The number of anilines is 1. The first-order chi connectivity index (χ1) is 9.19. The SMILES string of the molecule is CCNc1cncc(C(=O)NCc2ncc(C)s2)n1. The van der Waals surface area contributed by atoms with Crippen molar-refractivity contribution in [1.29, 1.82) is 0 Å². The zero-order valence-corrected chi connectivity index (χ0v) is 11.6. The Morgan fingerprint density at radius 2 is 2.21 bits per heavy atom. The van der Waals surface area contributed by atoms with E-state index in [0.29, 0.717) is 18.1 Å². The lowest BCUT2D eigenvalue weighted by Gasteiger charge is -2.05. The van der Waals surface area contributed by atoms with Crippen molar-refractivity contribution in [3.63, 3.8) is 0 Å². The average Bonchev–Trinajstić information content (AvgIpc) is 2.82. The van der Waals surface area contributed by atoms with Gasteiger partial charge in [-0.3, -0.25) is 9.78 Å². The van der Waals surface area contributed by atoms with E-state index in [-0.39, 0.29) is 5.91 Å². The lowest BCUT2D eigenvalue weighted by Crippen LogP contribution is -2.24. The minimum atomic E-state index is -0.250. The van der Waals surface area contributed by atoms with E-state index in [1.54, 1.807) is 23.7 Å². The third kappa shape index (κ3) is 3.72. The molecule has 2 rings (SSSR count). The molecule has 6 nitrogen and oxygen atoms in total. The van der Waals surface area contributed by atoms with Crippen LogP contribution in [0.1, 0.15) is 27.3 Å². The molecule has 0 unspecified atom stereocenters. The van der Waals surface area contributed by atoms with Crippen molar-refractivity contribution in [2.75, 3.05) is 11.9 Å². The number of nitrogens with zero attached hydrogens (tertiary/aromatic N) is 3. The van der Waals surface area contributed by atoms with Gasteiger partial charge in [-0.25, -0.2) is 9.97 Å². The molecule has 0 atom stereocenters. The third-order valence-corrected chi connectivity index (χ3v) is 3.21. The quantitative estimate of drug-likeness (QED) is 0.868. The molecule has 0 spiro atoms. The molecule has 100 valence electrons. The number of aryl methyl sites for hydroxylation is 1. The summed E-state index contributed by atoms with van der Waals surface area (Å²) in [5.74, 6) is 0.348. The van der Waals surface area contributed by atoms with Gasteiger partial charge in [0.05, 0.1) is 18.9 Å². The Morgan fingerprint density at radius 1 is 1.37 bits per heavy atom. The van der Waals surface area contributed by atoms with Gasteiger partial charge in [0, 0.05) is 17.6 Å². The zero-order chi connectivity index (χ0) is 13.7. The van der Waals surface area contributed by atoms with Crippen molar-refractivity contribution in [3.8, 4) is 0 Å². The monoisotopic (exact) mass is 277 g/mol. The molecule has 0 saturated carbocycles. The molecule has 0 aliphatic carbocycles. The van der Waals surface area contributed by atoms with Crippen LogP contribution in [0.3, 0.4) is 0 Å². The number of hydrogen-bond acceptors (Lipinski definition) is 6. The summed E-state index contributed by atoms with van der Waals surface area (Å²) >= 11 is 1.56. The van der Waals surface area contributed by atoms with Crippen LogP contribution in [-0.2, 0) is 6.54 Å². The lowest BCUT2D eigenvalue weighted by molar-refractivity contribution is 0.0945. The average molecular weight is 277 g/mol. The summed E-state index contributed by atoms with van der Waals surface area (Å²) in [5, 5.41) is 6.67. The van der Waals surface area contributed by atoms with Gasteiger partial charge in [0.1, 0.15) is 16.5 Å². The van der Waals surface area contributed by atoms with Crippen LogP contribution in [0.5, 0.6) is 0 Å². The number of nitrogens with one attached hydrogen (secondary N) is 2. The molecular formula is C12H15N5OS. The van der Waals surface area contributed by atoms with E-state index < -0.39 is 0 Å². The van der Waals surface area contributed by atoms with Crippen LogP contribution in [-0.4, -0.2) is 27.4 Å². The lowest BCUT2D eigenvalue weighted by atomic mass is 10.4. The van der Waals surface area contributed by atoms with Gasteiger partial charge in [0.25, 0.3) is 5.91 Å². The molecule has 0 radical (unpaired) electrons. The van der Waals surface area contributed by atoms with Crippen LogP contribution >= 0.6 is 11.3 Å². The first-order valence-electron chi connectivity index (χ1n) is 5.94. The maximum Gasteiger partial charge on any atom is 0.271 e. The topological polar surface area (TPSA) is 79.8 Å². The van der Waals surface area contributed by atoms with E-state index >= 15 is 0 Å². The fourth-order valence-electron chi connectivity index (χ4n) is 1.47. The molecule has 0 aliphatic rings. The van der Waals surface area contributed by atoms with Gasteiger partial charge in [0.2, 0.25) is 0 Å². The van der Waals surface area contributed by atoms with E-state index in [4.69, 9.17) is 0 Å². The van der Waals surface area contributed by atoms with Gasteiger partial charge >= 0.3 is 0 Å². The van der Waals surface area contributed by atoms with Crippen molar-refractivity contribution in [3.05, 3.63) is 34.2 Å². The van der Waals surface area contributed by atoms with Crippen molar-refractivity contribution in [2.45, 2.75) is 20.4 Å². The predicted octanol–water partition coefficient (Wildman–Crippen LogP) is 1.60. The molecule has 0 fully saturated rings. The summed E-state index contributed by atoms with van der Waals surface area (Å²) in [7, 11) is 0. The van der Waals surface area contributed by atoms with Gasteiger partial charge in [-0.15, -0.1) is 11.3 Å². The molecule has 2 aromatic heterocycles. The largest absolute Gasteiger partial charge is 0.369 e. The standard InChI is InChI=1S/C12H15N5OS/c1-3-14-10-6-13-5-9(17-10)12(18)16-7-11-15-4-8(2)19-11/h4-6H,3,7H2,1-2H3,(H,14,17)(H,16,18). The molecule has 0 saturated heterocycles. The smallest absolute Gasteiger partial charge is 0.271 e. The summed E-state index contributed by atoms with van der Waals surface area (Å²) in [6.45, 7) is 5.08. The van der Waals surface area contributed by atoms with E-state index in [1.807, 2.05) is 13.8 Å². The summed E-state index contributed by atoms with van der Waals surface area (Å²) in [6.07, 6.45) is 4.82. The molecule has 0 aromatic carbocycles. The minimum absolute atomic E-state index is 0.250. The Labute approximate surface area is 115 Å². The highest BCUT2D eigenvalue weighted by Gasteiger charge is 2.09. The molecule has 2 heterocycles. The number of carbonyl (C=O) groups is 1. The molecule has 1 amide bonds. The summed E-state index contributed by atoms with van der Waals surface area (Å²) < 4.78 is 0. The van der Waals surface area contributed by atoms with Crippen molar-refractivity contribution >= 4 is 23.1 Å². The maximum atomic E-state index is 11.9.